The summed E-state index contributed by atoms with van der Waals surface area (Å²) in [6, 6.07) is 10.1. The second-order valence-corrected chi connectivity index (χ2v) is 13.5. The van der Waals surface area contributed by atoms with Gasteiger partial charge in [-0.15, -0.1) is 0 Å². The van der Waals surface area contributed by atoms with Gasteiger partial charge < -0.3 is 13.9 Å². The van der Waals surface area contributed by atoms with E-state index in [4.69, 9.17) is 13.9 Å². The van der Waals surface area contributed by atoms with Crippen LogP contribution in [0.15, 0.2) is 30.3 Å². The molecule has 1 aliphatic rings. The molecule has 1 aromatic carbocycles. The molecule has 5 heteroatoms. The standard InChI is InChI=1S/C21H34O4Si/c1-7-17-13-19(22)25-18(15-24-26(5,6)21(2,3)4)20(17)23-14-16-11-9-8-10-12-16/h8-12,17-18,20H,7,13-15H2,1-6H3/t17-,18+,20+/m1/s1. The zero-order valence-corrected chi connectivity index (χ0v) is 18.1. The molecule has 0 unspecified atom stereocenters. The maximum absolute atomic E-state index is 12.1. The Morgan fingerprint density at radius 3 is 2.42 bits per heavy atom. The first-order valence-corrected chi connectivity index (χ1v) is 12.5. The molecule has 2 rings (SSSR count). The molecule has 1 saturated heterocycles. The van der Waals surface area contributed by atoms with Crippen LogP contribution < -0.4 is 0 Å². The highest BCUT2D eigenvalue weighted by atomic mass is 28.4. The summed E-state index contributed by atoms with van der Waals surface area (Å²) in [6.07, 6.45) is 0.860. The lowest BCUT2D eigenvalue weighted by atomic mass is 9.89. The zero-order valence-electron chi connectivity index (χ0n) is 17.1. The van der Waals surface area contributed by atoms with E-state index in [2.05, 4.69) is 52.9 Å². The molecule has 0 aliphatic carbocycles. The third kappa shape index (κ3) is 5.41. The van der Waals surface area contributed by atoms with Crippen molar-refractivity contribution in [2.75, 3.05) is 6.61 Å². The molecule has 0 spiro atoms. The number of carbonyl (C=O) groups is 1. The zero-order chi connectivity index (χ0) is 19.4. The predicted octanol–water partition coefficient (Wildman–Crippen LogP) is 4.94. The number of cyclic esters (lactones) is 1. The third-order valence-electron chi connectivity index (χ3n) is 5.77. The van der Waals surface area contributed by atoms with Crippen molar-refractivity contribution < 1.29 is 18.7 Å². The van der Waals surface area contributed by atoms with Crippen LogP contribution in [-0.2, 0) is 25.3 Å². The van der Waals surface area contributed by atoms with Crippen LogP contribution in [0.4, 0.5) is 0 Å². The Hall–Kier alpha value is -1.17. The molecule has 26 heavy (non-hydrogen) atoms. The van der Waals surface area contributed by atoms with E-state index < -0.39 is 8.32 Å². The van der Waals surface area contributed by atoms with Gasteiger partial charge in [-0.3, -0.25) is 4.79 Å². The van der Waals surface area contributed by atoms with Gasteiger partial charge in [0.05, 0.1) is 19.6 Å². The van der Waals surface area contributed by atoms with Gasteiger partial charge in [0.15, 0.2) is 14.4 Å². The average molecular weight is 379 g/mol. The fourth-order valence-electron chi connectivity index (χ4n) is 2.94. The molecule has 0 N–H and O–H groups in total. The van der Waals surface area contributed by atoms with E-state index >= 15 is 0 Å². The number of ether oxygens (including phenoxy) is 2. The Morgan fingerprint density at radius 2 is 1.85 bits per heavy atom. The van der Waals surface area contributed by atoms with Crippen LogP contribution in [-0.4, -0.2) is 33.1 Å². The van der Waals surface area contributed by atoms with Crippen LogP contribution in [0.25, 0.3) is 0 Å². The Bertz CT molecular complexity index is 579. The fourth-order valence-corrected chi connectivity index (χ4v) is 3.95. The van der Waals surface area contributed by atoms with E-state index in [9.17, 15) is 4.79 Å². The smallest absolute Gasteiger partial charge is 0.306 e. The van der Waals surface area contributed by atoms with E-state index in [1.54, 1.807) is 0 Å². The van der Waals surface area contributed by atoms with Gasteiger partial charge in [0.1, 0.15) is 6.10 Å². The summed E-state index contributed by atoms with van der Waals surface area (Å²) in [5.74, 6) is 0.0354. The van der Waals surface area contributed by atoms with Crippen molar-refractivity contribution in [2.45, 2.75) is 77.5 Å². The number of hydrogen-bond acceptors (Lipinski definition) is 4. The molecule has 1 aromatic rings. The van der Waals surface area contributed by atoms with E-state index in [0.29, 0.717) is 19.6 Å². The van der Waals surface area contributed by atoms with Gasteiger partial charge in [-0.05, 0) is 29.6 Å². The third-order valence-corrected chi connectivity index (χ3v) is 10.3. The van der Waals surface area contributed by atoms with Crippen LogP contribution in [0.1, 0.15) is 46.1 Å². The minimum Gasteiger partial charge on any atom is -0.457 e. The Balaban J connectivity index is 2.07. The molecule has 0 amide bonds. The van der Waals surface area contributed by atoms with Crippen molar-refractivity contribution >= 4 is 14.3 Å². The second-order valence-electron chi connectivity index (χ2n) is 8.73. The van der Waals surface area contributed by atoms with Crippen LogP contribution >= 0.6 is 0 Å². The second kappa shape index (κ2) is 8.68. The maximum atomic E-state index is 12.1. The summed E-state index contributed by atoms with van der Waals surface area (Å²) in [4.78, 5) is 12.1. The first kappa shape index (κ1) is 21.1. The molecule has 1 heterocycles. The summed E-state index contributed by atoms with van der Waals surface area (Å²) in [6.45, 7) is 14.1. The molecule has 3 atom stereocenters. The van der Waals surface area contributed by atoms with Gasteiger partial charge in [-0.25, -0.2) is 0 Å². The van der Waals surface area contributed by atoms with Gasteiger partial charge in [0.2, 0.25) is 0 Å². The van der Waals surface area contributed by atoms with Gasteiger partial charge in [-0.1, -0.05) is 64.4 Å². The Labute approximate surface area is 159 Å². The number of benzene rings is 1. The quantitative estimate of drug-likeness (QED) is 0.498. The lowest BCUT2D eigenvalue weighted by Gasteiger charge is -2.41. The SMILES string of the molecule is CC[C@@H]1CC(=O)O[C@@H](CO[Si](C)(C)C(C)(C)C)[C@H]1OCc1ccccc1. The lowest BCUT2D eigenvalue weighted by Crippen LogP contribution is -2.50. The topological polar surface area (TPSA) is 44.8 Å². The summed E-state index contributed by atoms with van der Waals surface area (Å²) >= 11 is 0. The van der Waals surface area contributed by atoms with Crippen molar-refractivity contribution in [1.29, 1.82) is 0 Å². The van der Waals surface area contributed by atoms with Crippen molar-refractivity contribution in [3.05, 3.63) is 35.9 Å². The van der Waals surface area contributed by atoms with Crippen molar-refractivity contribution in [2.24, 2.45) is 5.92 Å². The van der Waals surface area contributed by atoms with E-state index in [1.165, 1.54) is 0 Å². The van der Waals surface area contributed by atoms with Crippen molar-refractivity contribution in [1.82, 2.24) is 0 Å². The lowest BCUT2D eigenvalue weighted by molar-refractivity contribution is -0.183. The fraction of sp³-hybridized carbons (Fsp3) is 0.667. The highest BCUT2D eigenvalue weighted by Crippen LogP contribution is 2.37. The summed E-state index contributed by atoms with van der Waals surface area (Å²) in [5.41, 5.74) is 1.13. The van der Waals surface area contributed by atoms with Crippen molar-refractivity contribution in [3.63, 3.8) is 0 Å². The van der Waals surface area contributed by atoms with Gasteiger partial charge >= 0.3 is 5.97 Å². The molecule has 0 radical (unpaired) electrons. The minimum atomic E-state index is -1.91. The molecule has 146 valence electrons. The van der Waals surface area contributed by atoms with Gasteiger partial charge in [0, 0.05) is 0 Å². The first-order chi connectivity index (χ1) is 12.1. The highest BCUT2D eigenvalue weighted by Gasteiger charge is 2.42. The van der Waals surface area contributed by atoms with Crippen LogP contribution in [0.3, 0.4) is 0 Å². The first-order valence-electron chi connectivity index (χ1n) is 9.63. The summed E-state index contributed by atoms with van der Waals surface area (Å²) in [7, 11) is -1.91. The Morgan fingerprint density at radius 1 is 1.19 bits per heavy atom. The molecule has 4 nitrogen and oxygen atoms in total. The van der Waals surface area contributed by atoms with E-state index in [1.807, 2.05) is 18.2 Å². The normalized spacial score (nSPS) is 24.4. The maximum Gasteiger partial charge on any atom is 0.306 e. The highest BCUT2D eigenvalue weighted by molar-refractivity contribution is 6.74. The number of esters is 1. The molecular formula is C21H34O4Si. The van der Waals surface area contributed by atoms with Crippen LogP contribution in [0.5, 0.6) is 0 Å². The van der Waals surface area contributed by atoms with E-state index in [0.717, 1.165) is 12.0 Å². The predicted molar refractivity (Wildman–Crippen MR) is 106 cm³/mol. The van der Waals surface area contributed by atoms with Crippen LogP contribution in [0.2, 0.25) is 18.1 Å². The minimum absolute atomic E-state index is 0.121. The Kier molecular flexibility index (Phi) is 7.05. The molecule has 0 aromatic heterocycles. The van der Waals surface area contributed by atoms with Gasteiger partial charge in [-0.2, -0.15) is 0 Å². The molecule has 1 fully saturated rings. The summed E-state index contributed by atoms with van der Waals surface area (Å²) < 4.78 is 18.2. The molecule has 0 saturated carbocycles. The van der Waals surface area contributed by atoms with Gasteiger partial charge in [0.25, 0.3) is 0 Å². The summed E-state index contributed by atoms with van der Waals surface area (Å²) in [5, 5.41) is 0.121. The number of carbonyl (C=O) groups excluding carboxylic acids is 1. The average Bonchev–Trinajstić information content (AvgIpc) is 2.58. The monoisotopic (exact) mass is 378 g/mol. The largest absolute Gasteiger partial charge is 0.457 e. The number of rotatable bonds is 7. The van der Waals surface area contributed by atoms with Crippen molar-refractivity contribution in [3.8, 4) is 0 Å². The number of hydrogen-bond donors (Lipinski definition) is 0. The van der Waals surface area contributed by atoms with E-state index in [-0.39, 0.29) is 29.1 Å². The van der Waals surface area contributed by atoms with Crippen LogP contribution in [0, 0.1) is 5.92 Å². The molecule has 1 aliphatic heterocycles. The molecule has 0 bridgehead atoms. The molecular weight excluding hydrogens is 344 g/mol.